The van der Waals surface area contributed by atoms with Crippen LogP contribution in [0.5, 0.6) is 0 Å². The van der Waals surface area contributed by atoms with Crippen LogP contribution in [0.3, 0.4) is 0 Å². The Morgan fingerprint density at radius 2 is 1.95 bits per heavy atom. The molecule has 2 aromatic rings. The van der Waals surface area contributed by atoms with Gasteiger partial charge in [0, 0.05) is 23.6 Å². The second kappa shape index (κ2) is 6.26. The molecule has 2 rings (SSSR count). The van der Waals surface area contributed by atoms with E-state index in [0.29, 0.717) is 11.4 Å². The van der Waals surface area contributed by atoms with Gasteiger partial charge in [-0.05, 0) is 30.2 Å². The first-order chi connectivity index (χ1) is 9.99. The summed E-state index contributed by atoms with van der Waals surface area (Å²) < 4.78 is 1.45. The molecule has 1 atom stereocenters. The Hall–Kier alpha value is -2.56. The number of benzene rings is 1. The van der Waals surface area contributed by atoms with Crippen molar-refractivity contribution in [3.63, 3.8) is 0 Å². The summed E-state index contributed by atoms with van der Waals surface area (Å²) in [4.78, 5) is 24.4. The lowest BCUT2D eigenvalue weighted by Crippen LogP contribution is -2.35. The number of anilines is 2. The zero-order valence-corrected chi connectivity index (χ0v) is 12.1. The van der Waals surface area contributed by atoms with Crippen molar-refractivity contribution in [1.82, 2.24) is 4.57 Å². The van der Waals surface area contributed by atoms with Crippen molar-refractivity contribution in [2.75, 3.05) is 11.1 Å². The molecule has 0 aliphatic rings. The summed E-state index contributed by atoms with van der Waals surface area (Å²) in [6.45, 7) is 3.81. The van der Waals surface area contributed by atoms with E-state index in [4.69, 9.17) is 5.73 Å². The Morgan fingerprint density at radius 3 is 2.57 bits per heavy atom. The molecule has 5 heteroatoms. The molecule has 5 nitrogen and oxygen atoms in total. The van der Waals surface area contributed by atoms with Crippen LogP contribution in [-0.4, -0.2) is 10.5 Å². The van der Waals surface area contributed by atoms with Crippen LogP contribution in [0.2, 0.25) is 0 Å². The molecule has 1 unspecified atom stereocenters. The first kappa shape index (κ1) is 14.8. The average Bonchev–Trinajstić information content (AvgIpc) is 2.41. The van der Waals surface area contributed by atoms with Gasteiger partial charge in [-0.3, -0.25) is 9.59 Å². The van der Waals surface area contributed by atoms with Crippen LogP contribution in [0, 0.1) is 5.92 Å². The van der Waals surface area contributed by atoms with E-state index in [1.165, 1.54) is 10.6 Å². The van der Waals surface area contributed by atoms with Gasteiger partial charge in [0.2, 0.25) is 5.91 Å². The van der Waals surface area contributed by atoms with Gasteiger partial charge < -0.3 is 15.6 Å². The van der Waals surface area contributed by atoms with Crippen LogP contribution in [0.15, 0.2) is 53.5 Å². The third-order valence-electron chi connectivity index (χ3n) is 3.21. The van der Waals surface area contributed by atoms with E-state index in [2.05, 4.69) is 5.32 Å². The monoisotopic (exact) mass is 285 g/mol. The number of hydrogen-bond acceptors (Lipinski definition) is 3. The Morgan fingerprint density at radius 1 is 1.19 bits per heavy atom. The molecule has 0 fully saturated rings. The highest BCUT2D eigenvalue weighted by atomic mass is 16.2. The number of nitrogens with two attached hydrogens (primary N) is 1. The molecule has 0 bridgehead atoms. The molecular formula is C16H19N3O2. The van der Waals surface area contributed by atoms with Crippen molar-refractivity contribution in [3.8, 4) is 0 Å². The molecule has 0 saturated carbocycles. The normalized spacial score (nSPS) is 12.1. The summed E-state index contributed by atoms with van der Waals surface area (Å²) in [6, 6.07) is 11.2. The number of rotatable bonds is 4. The maximum Gasteiger partial charge on any atom is 0.251 e. The highest BCUT2D eigenvalue weighted by Gasteiger charge is 2.24. The van der Waals surface area contributed by atoms with Gasteiger partial charge in [0.25, 0.3) is 5.56 Å². The van der Waals surface area contributed by atoms with Gasteiger partial charge in [-0.2, -0.15) is 0 Å². The summed E-state index contributed by atoms with van der Waals surface area (Å²) in [7, 11) is 0. The summed E-state index contributed by atoms with van der Waals surface area (Å²) in [5, 5.41) is 2.81. The maximum atomic E-state index is 12.5. The molecule has 0 aliphatic heterocycles. The van der Waals surface area contributed by atoms with Gasteiger partial charge in [0.05, 0.1) is 0 Å². The second-order valence-electron chi connectivity index (χ2n) is 5.25. The number of nitrogens with zero attached hydrogens (tertiary/aromatic N) is 1. The molecule has 1 amide bonds. The molecule has 1 heterocycles. The van der Waals surface area contributed by atoms with E-state index in [-0.39, 0.29) is 17.4 Å². The molecule has 21 heavy (non-hydrogen) atoms. The van der Waals surface area contributed by atoms with Gasteiger partial charge in [-0.15, -0.1) is 0 Å². The summed E-state index contributed by atoms with van der Waals surface area (Å²) in [5.41, 5.74) is 6.70. The van der Waals surface area contributed by atoms with Gasteiger partial charge in [-0.25, -0.2) is 0 Å². The second-order valence-corrected chi connectivity index (χ2v) is 5.25. The van der Waals surface area contributed by atoms with Gasteiger partial charge in [0.15, 0.2) is 0 Å². The van der Waals surface area contributed by atoms with Crippen LogP contribution in [0.25, 0.3) is 0 Å². The van der Waals surface area contributed by atoms with Crippen molar-refractivity contribution < 1.29 is 4.79 Å². The average molecular weight is 285 g/mol. The molecule has 1 aromatic heterocycles. The minimum Gasteiger partial charge on any atom is -0.399 e. The smallest absolute Gasteiger partial charge is 0.251 e. The van der Waals surface area contributed by atoms with Crippen LogP contribution in [0.1, 0.15) is 19.9 Å². The number of carbonyl (C=O) groups excluding carboxylic acids is 1. The highest BCUT2D eigenvalue weighted by Crippen LogP contribution is 2.19. The van der Waals surface area contributed by atoms with Crippen molar-refractivity contribution in [3.05, 3.63) is 59.0 Å². The van der Waals surface area contributed by atoms with Crippen molar-refractivity contribution in [1.29, 1.82) is 0 Å². The third-order valence-corrected chi connectivity index (χ3v) is 3.21. The number of carbonyl (C=O) groups is 1. The number of amides is 1. The van der Waals surface area contributed by atoms with E-state index in [1.54, 1.807) is 42.6 Å². The summed E-state index contributed by atoms with van der Waals surface area (Å²) >= 11 is 0. The molecule has 0 radical (unpaired) electrons. The third kappa shape index (κ3) is 3.51. The Labute approximate surface area is 123 Å². The number of aromatic nitrogens is 1. The van der Waals surface area contributed by atoms with Gasteiger partial charge in [-0.1, -0.05) is 26.0 Å². The number of pyridine rings is 1. The first-order valence-electron chi connectivity index (χ1n) is 6.82. The Kier molecular flexibility index (Phi) is 4.42. The van der Waals surface area contributed by atoms with E-state index in [9.17, 15) is 9.59 Å². The lowest BCUT2D eigenvalue weighted by molar-refractivity contribution is -0.120. The number of nitrogen functional groups attached to an aromatic ring is 1. The molecule has 0 saturated heterocycles. The van der Waals surface area contributed by atoms with Crippen LogP contribution in [-0.2, 0) is 4.79 Å². The largest absolute Gasteiger partial charge is 0.399 e. The van der Waals surface area contributed by atoms with Gasteiger partial charge >= 0.3 is 0 Å². The van der Waals surface area contributed by atoms with Crippen LogP contribution >= 0.6 is 0 Å². The standard InChI is InChI=1S/C16H19N3O2/c1-11(2)15(19-9-4-3-8-14(19)20)16(21)18-13-7-5-6-12(17)10-13/h3-11,15H,17H2,1-2H3,(H,18,21). The summed E-state index contributed by atoms with van der Waals surface area (Å²) in [5.74, 6) is -0.255. The van der Waals surface area contributed by atoms with Crippen molar-refractivity contribution >= 4 is 17.3 Å². The molecule has 110 valence electrons. The van der Waals surface area contributed by atoms with Crippen LogP contribution < -0.4 is 16.6 Å². The number of nitrogens with one attached hydrogen (secondary N) is 1. The van der Waals surface area contributed by atoms with Crippen molar-refractivity contribution in [2.45, 2.75) is 19.9 Å². The van der Waals surface area contributed by atoms with E-state index in [0.717, 1.165) is 0 Å². The predicted molar refractivity (Wildman–Crippen MR) is 84.1 cm³/mol. The molecule has 3 N–H and O–H groups in total. The fourth-order valence-electron chi connectivity index (χ4n) is 2.25. The minimum atomic E-state index is -0.569. The quantitative estimate of drug-likeness (QED) is 0.846. The van der Waals surface area contributed by atoms with E-state index >= 15 is 0 Å². The Bertz CT molecular complexity index is 692. The van der Waals surface area contributed by atoms with Gasteiger partial charge in [0.1, 0.15) is 6.04 Å². The minimum absolute atomic E-state index is 0.0221. The van der Waals surface area contributed by atoms with E-state index in [1.807, 2.05) is 13.8 Å². The fourth-order valence-corrected chi connectivity index (χ4v) is 2.25. The lowest BCUT2D eigenvalue weighted by atomic mass is 10.0. The Balaban J connectivity index is 2.29. The van der Waals surface area contributed by atoms with E-state index < -0.39 is 6.04 Å². The van der Waals surface area contributed by atoms with Crippen LogP contribution in [0.4, 0.5) is 11.4 Å². The SMILES string of the molecule is CC(C)C(C(=O)Nc1cccc(N)c1)n1ccccc1=O. The zero-order valence-electron chi connectivity index (χ0n) is 12.1. The van der Waals surface area contributed by atoms with Crippen molar-refractivity contribution in [2.24, 2.45) is 5.92 Å². The summed E-state index contributed by atoms with van der Waals surface area (Å²) in [6.07, 6.45) is 1.63. The highest BCUT2D eigenvalue weighted by molar-refractivity contribution is 5.94. The lowest BCUT2D eigenvalue weighted by Gasteiger charge is -2.22. The fraction of sp³-hybridized carbons (Fsp3) is 0.250. The topological polar surface area (TPSA) is 77.1 Å². The predicted octanol–water partition coefficient (Wildman–Crippen LogP) is 2.27. The zero-order chi connectivity index (χ0) is 15.4. The number of hydrogen-bond donors (Lipinski definition) is 2. The maximum absolute atomic E-state index is 12.5. The molecule has 0 spiro atoms. The molecule has 1 aromatic carbocycles. The molecular weight excluding hydrogens is 266 g/mol. The first-order valence-corrected chi connectivity index (χ1v) is 6.82. The molecule has 0 aliphatic carbocycles.